The Morgan fingerprint density at radius 2 is 2.10 bits per heavy atom. The van der Waals surface area contributed by atoms with Crippen molar-refractivity contribution >= 4 is 11.9 Å². The molecule has 0 aromatic carbocycles. The SMILES string of the molecule is CC(C)C1CN(CCC(=O)O)CCC(=O)N1CC1CC1. The molecule has 5 nitrogen and oxygen atoms in total. The van der Waals surface area contributed by atoms with Gasteiger partial charge in [-0.15, -0.1) is 0 Å². The minimum Gasteiger partial charge on any atom is -0.481 e. The summed E-state index contributed by atoms with van der Waals surface area (Å²) in [6.07, 6.45) is 3.17. The molecule has 20 heavy (non-hydrogen) atoms. The fraction of sp³-hybridized carbons (Fsp3) is 0.867. The van der Waals surface area contributed by atoms with Crippen molar-refractivity contribution in [3.05, 3.63) is 0 Å². The van der Waals surface area contributed by atoms with E-state index in [1.54, 1.807) is 0 Å². The minimum atomic E-state index is -0.767. The van der Waals surface area contributed by atoms with Gasteiger partial charge >= 0.3 is 5.97 Å². The van der Waals surface area contributed by atoms with Crippen molar-refractivity contribution in [3.8, 4) is 0 Å². The maximum atomic E-state index is 12.4. The predicted octanol–water partition coefficient (Wildman–Crippen LogP) is 1.43. The van der Waals surface area contributed by atoms with Crippen molar-refractivity contribution < 1.29 is 14.7 Å². The van der Waals surface area contributed by atoms with Crippen LogP contribution in [0, 0.1) is 11.8 Å². The number of carbonyl (C=O) groups excluding carboxylic acids is 1. The third-order valence-electron chi connectivity index (χ3n) is 4.37. The van der Waals surface area contributed by atoms with Crippen LogP contribution in [-0.4, -0.2) is 59.0 Å². The van der Waals surface area contributed by atoms with E-state index in [4.69, 9.17) is 5.11 Å². The lowest BCUT2D eigenvalue weighted by Gasteiger charge is -2.34. The zero-order chi connectivity index (χ0) is 14.7. The maximum absolute atomic E-state index is 12.4. The topological polar surface area (TPSA) is 60.9 Å². The molecule has 0 aromatic rings. The van der Waals surface area contributed by atoms with Gasteiger partial charge in [-0.3, -0.25) is 9.59 Å². The first-order chi connectivity index (χ1) is 9.47. The van der Waals surface area contributed by atoms with E-state index in [9.17, 15) is 9.59 Å². The van der Waals surface area contributed by atoms with Gasteiger partial charge in [-0.25, -0.2) is 0 Å². The Hall–Kier alpha value is -1.10. The number of hydrogen-bond acceptors (Lipinski definition) is 3. The van der Waals surface area contributed by atoms with Crippen molar-refractivity contribution in [1.29, 1.82) is 0 Å². The molecule has 1 unspecified atom stereocenters. The molecule has 1 saturated heterocycles. The monoisotopic (exact) mass is 282 g/mol. The fourth-order valence-electron chi connectivity index (χ4n) is 2.88. The second-order valence-electron chi connectivity index (χ2n) is 6.50. The number of rotatable bonds is 6. The normalized spacial score (nSPS) is 25.1. The molecule has 1 heterocycles. The molecule has 114 valence electrons. The molecule has 1 atom stereocenters. The van der Waals surface area contributed by atoms with Crippen LogP contribution >= 0.6 is 0 Å². The quantitative estimate of drug-likeness (QED) is 0.800. The Morgan fingerprint density at radius 1 is 1.40 bits per heavy atom. The number of carbonyl (C=O) groups is 2. The summed E-state index contributed by atoms with van der Waals surface area (Å²) in [6.45, 7) is 7.24. The van der Waals surface area contributed by atoms with Gasteiger partial charge in [0.2, 0.25) is 5.91 Å². The highest BCUT2D eigenvalue weighted by molar-refractivity contribution is 5.77. The number of amides is 1. The summed E-state index contributed by atoms with van der Waals surface area (Å²) in [5, 5.41) is 8.82. The molecule has 0 aromatic heterocycles. The summed E-state index contributed by atoms with van der Waals surface area (Å²) in [7, 11) is 0. The molecule has 1 N–H and O–H groups in total. The molecule has 0 bridgehead atoms. The molecule has 5 heteroatoms. The minimum absolute atomic E-state index is 0.154. The summed E-state index contributed by atoms with van der Waals surface area (Å²) >= 11 is 0. The van der Waals surface area contributed by atoms with Crippen LogP contribution in [0.3, 0.4) is 0 Å². The molecule has 2 rings (SSSR count). The van der Waals surface area contributed by atoms with E-state index in [1.807, 2.05) is 0 Å². The number of carboxylic acids is 1. The molecule has 1 saturated carbocycles. The van der Waals surface area contributed by atoms with E-state index in [2.05, 4.69) is 23.6 Å². The second-order valence-corrected chi connectivity index (χ2v) is 6.50. The smallest absolute Gasteiger partial charge is 0.304 e. The standard InChI is InChI=1S/C15H26N2O3/c1-11(2)13-10-16(8-6-15(19)20)7-5-14(18)17(13)9-12-3-4-12/h11-13H,3-10H2,1-2H3,(H,19,20). The van der Waals surface area contributed by atoms with Crippen LogP contribution in [0.4, 0.5) is 0 Å². The van der Waals surface area contributed by atoms with Gasteiger partial charge in [-0.2, -0.15) is 0 Å². The Labute approximate surface area is 120 Å². The van der Waals surface area contributed by atoms with Crippen LogP contribution in [-0.2, 0) is 9.59 Å². The molecular formula is C15H26N2O3. The van der Waals surface area contributed by atoms with Crippen LogP contribution in [0.5, 0.6) is 0 Å². The highest BCUT2D eigenvalue weighted by atomic mass is 16.4. The second kappa shape index (κ2) is 6.57. The Morgan fingerprint density at radius 3 is 2.65 bits per heavy atom. The Kier molecular flexibility index (Phi) is 5.02. The maximum Gasteiger partial charge on any atom is 0.304 e. The fourth-order valence-corrected chi connectivity index (χ4v) is 2.88. The van der Waals surface area contributed by atoms with Gasteiger partial charge in [0.15, 0.2) is 0 Å². The van der Waals surface area contributed by atoms with Gasteiger partial charge in [-0.05, 0) is 24.7 Å². The van der Waals surface area contributed by atoms with Crippen LogP contribution < -0.4 is 0 Å². The highest BCUT2D eigenvalue weighted by Crippen LogP contribution is 2.32. The third kappa shape index (κ3) is 4.20. The van der Waals surface area contributed by atoms with Gasteiger partial charge < -0.3 is 14.9 Å². The van der Waals surface area contributed by atoms with Crippen molar-refractivity contribution in [1.82, 2.24) is 9.80 Å². The number of aliphatic carboxylic acids is 1. The van der Waals surface area contributed by atoms with E-state index in [-0.39, 0.29) is 18.4 Å². The number of hydrogen-bond donors (Lipinski definition) is 1. The molecule has 0 spiro atoms. The zero-order valence-corrected chi connectivity index (χ0v) is 12.5. The lowest BCUT2D eigenvalue weighted by molar-refractivity contribution is -0.137. The van der Waals surface area contributed by atoms with Gasteiger partial charge in [0, 0.05) is 38.6 Å². The first-order valence-electron chi connectivity index (χ1n) is 7.71. The molecule has 1 aliphatic carbocycles. The summed E-state index contributed by atoms with van der Waals surface area (Å²) in [5.74, 6) is 0.582. The molecular weight excluding hydrogens is 256 g/mol. The van der Waals surface area contributed by atoms with Crippen LogP contribution in [0.1, 0.15) is 39.5 Å². The van der Waals surface area contributed by atoms with E-state index in [1.165, 1.54) is 12.8 Å². The molecule has 2 aliphatic rings. The Balaban J connectivity index is 2.01. The van der Waals surface area contributed by atoms with E-state index >= 15 is 0 Å². The number of nitrogens with zero attached hydrogens (tertiary/aromatic N) is 2. The molecule has 1 aliphatic heterocycles. The molecule has 1 amide bonds. The highest BCUT2D eigenvalue weighted by Gasteiger charge is 2.35. The van der Waals surface area contributed by atoms with Crippen molar-refractivity contribution in [2.75, 3.05) is 26.2 Å². The largest absolute Gasteiger partial charge is 0.481 e. The van der Waals surface area contributed by atoms with Gasteiger partial charge in [0.05, 0.1) is 6.42 Å². The Bertz CT molecular complexity index is 366. The van der Waals surface area contributed by atoms with Crippen molar-refractivity contribution in [3.63, 3.8) is 0 Å². The molecule has 2 fully saturated rings. The summed E-state index contributed by atoms with van der Waals surface area (Å²) in [5.41, 5.74) is 0. The van der Waals surface area contributed by atoms with Crippen LogP contribution in [0.15, 0.2) is 0 Å². The summed E-state index contributed by atoms with van der Waals surface area (Å²) < 4.78 is 0. The average Bonchev–Trinajstić information content (AvgIpc) is 3.18. The average molecular weight is 282 g/mol. The van der Waals surface area contributed by atoms with Gasteiger partial charge in [0.25, 0.3) is 0 Å². The van der Waals surface area contributed by atoms with Gasteiger partial charge in [0.1, 0.15) is 0 Å². The van der Waals surface area contributed by atoms with Crippen molar-refractivity contribution in [2.24, 2.45) is 11.8 Å². The zero-order valence-electron chi connectivity index (χ0n) is 12.5. The van der Waals surface area contributed by atoms with Gasteiger partial charge in [-0.1, -0.05) is 13.8 Å². The molecule has 0 radical (unpaired) electrons. The summed E-state index contributed by atoms with van der Waals surface area (Å²) in [6, 6.07) is 0.222. The lowest BCUT2D eigenvalue weighted by atomic mass is 10.0. The lowest BCUT2D eigenvalue weighted by Crippen LogP contribution is -2.47. The van der Waals surface area contributed by atoms with E-state index < -0.39 is 5.97 Å². The van der Waals surface area contributed by atoms with Crippen LogP contribution in [0.25, 0.3) is 0 Å². The van der Waals surface area contributed by atoms with E-state index in [0.29, 0.717) is 31.3 Å². The first kappa shape index (κ1) is 15.3. The number of carboxylic acid groups (broad SMARTS) is 1. The van der Waals surface area contributed by atoms with Crippen LogP contribution in [0.2, 0.25) is 0 Å². The predicted molar refractivity (Wildman–Crippen MR) is 76.4 cm³/mol. The summed E-state index contributed by atoms with van der Waals surface area (Å²) in [4.78, 5) is 27.3. The van der Waals surface area contributed by atoms with Crippen molar-refractivity contribution in [2.45, 2.75) is 45.6 Å². The third-order valence-corrected chi connectivity index (χ3v) is 4.37. The first-order valence-corrected chi connectivity index (χ1v) is 7.71. The van der Waals surface area contributed by atoms with E-state index in [0.717, 1.165) is 13.1 Å².